The summed E-state index contributed by atoms with van der Waals surface area (Å²) >= 11 is 0. The van der Waals surface area contributed by atoms with E-state index in [1.54, 1.807) is 10.9 Å². The van der Waals surface area contributed by atoms with Crippen molar-refractivity contribution in [2.45, 2.75) is 39.7 Å². The standard InChI is InChI=1S/C13H19N5O/c1-9(2)12-7-11(8-14-10(12)3)13-15-16-17-18(13)5-4-6-19/h7-9,19H,4-6H2,1-3H3. The number of aryl methyl sites for hydroxylation is 2. The normalized spacial score (nSPS) is 11.2. The van der Waals surface area contributed by atoms with Gasteiger partial charge in [0.2, 0.25) is 0 Å². The van der Waals surface area contributed by atoms with Crippen LogP contribution in [0.3, 0.4) is 0 Å². The van der Waals surface area contributed by atoms with Crippen molar-refractivity contribution in [1.29, 1.82) is 0 Å². The van der Waals surface area contributed by atoms with E-state index in [2.05, 4.69) is 40.4 Å². The van der Waals surface area contributed by atoms with Gasteiger partial charge in [-0.25, -0.2) is 4.68 Å². The van der Waals surface area contributed by atoms with E-state index < -0.39 is 0 Å². The van der Waals surface area contributed by atoms with E-state index in [-0.39, 0.29) is 6.61 Å². The summed E-state index contributed by atoms with van der Waals surface area (Å²) in [6, 6.07) is 2.09. The van der Waals surface area contributed by atoms with Gasteiger partial charge >= 0.3 is 0 Å². The molecule has 0 spiro atoms. The van der Waals surface area contributed by atoms with Crippen LogP contribution in [-0.4, -0.2) is 36.9 Å². The number of aromatic nitrogens is 5. The average molecular weight is 261 g/mol. The van der Waals surface area contributed by atoms with Gasteiger partial charge in [0.1, 0.15) is 0 Å². The van der Waals surface area contributed by atoms with Gasteiger partial charge < -0.3 is 5.11 Å². The molecule has 2 aromatic rings. The summed E-state index contributed by atoms with van der Waals surface area (Å²) in [7, 11) is 0. The highest BCUT2D eigenvalue weighted by molar-refractivity contribution is 5.55. The Morgan fingerprint density at radius 3 is 2.84 bits per heavy atom. The minimum absolute atomic E-state index is 0.128. The summed E-state index contributed by atoms with van der Waals surface area (Å²) in [5.41, 5.74) is 3.15. The molecule has 2 rings (SSSR count). The van der Waals surface area contributed by atoms with Crippen LogP contribution in [-0.2, 0) is 6.54 Å². The van der Waals surface area contributed by atoms with E-state index in [0.29, 0.717) is 24.7 Å². The first-order valence-electron chi connectivity index (χ1n) is 6.47. The number of nitrogens with zero attached hydrogens (tertiary/aromatic N) is 5. The van der Waals surface area contributed by atoms with Crippen LogP contribution in [0.5, 0.6) is 0 Å². The molecule has 0 atom stereocenters. The number of hydrogen-bond acceptors (Lipinski definition) is 5. The van der Waals surface area contributed by atoms with E-state index in [1.165, 1.54) is 5.56 Å². The Morgan fingerprint density at radius 1 is 1.37 bits per heavy atom. The Bertz CT molecular complexity index is 550. The van der Waals surface area contributed by atoms with Crippen LogP contribution in [0, 0.1) is 6.92 Å². The summed E-state index contributed by atoms with van der Waals surface area (Å²) in [6.07, 6.45) is 2.43. The quantitative estimate of drug-likeness (QED) is 0.883. The molecule has 0 saturated carbocycles. The molecule has 6 heteroatoms. The highest BCUT2D eigenvalue weighted by Crippen LogP contribution is 2.23. The largest absolute Gasteiger partial charge is 0.396 e. The SMILES string of the molecule is Cc1ncc(-c2nnnn2CCCO)cc1C(C)C. The molecule has 1 N–H and O–H groups in total. The van der Waals surface area contributed by atoms with Crippen molar-refractivity contribution in [1.82, 2.24) is 25.2 Å². The molecule has 0 unspecified atom stereocenters. The minimum Gasteiger partial charge on any atom is -0.396 e. The van der Waals surface area contributed by atoms with Crippen molar-refractivity contribution in [2.24, 2.45) is 0 Å². The maximum absolute atomic E-state index is 8.89. The molecule has 0 fully saturated rings. The van der Waals surface area contributed by atoms with Gasteiger partial charge in [0.15, 0.2) is 5.82 Å². The fourth-order valence-electron chi connectivity index (χ4n) is 2.04. The molecule has 0 amide bonds. The average Bonchev–Trinajstić information content (AvgIpc) is 2.85. The van der Waals surface area contributed by atoms with Gasteiger partial charge in [-0.3, -0.25) is 4.98 Å². The highest BCUT2D eigenvalue weighted by Gasteiger charge is 2.12. The molecular weight excluding hydrogens is 242 g/mol. The minimum atomic E-state index is 0.128. The molecule has 0 aliphatic carbocycles. The molecule has 2 heterocycles. The summed E-state index contributed by atoms with van der Waals surface area (Å²) < 4.78 is 1.70. The lowest BCUT2D eigenvalue weighted by molar-refractivity contribution is 0.276. The van der Waals surface area contributed by atoms with Gasteiger partial charge in [-0.2, -0.15) is 0 Å². The van der Waals surface area contributed by atoms with Gasteiger partial charge in [0, 0.05) is 30.6 Å². The van der Waals surface area contributed by atoms with Crippen molar-refractivity contribution in [3.05, 3.63) is 23.5 Å². The first kappa shape index (κ1) is 13.6. The predicted molar refractivity (Wildman–Crippen MR) is 71.6 cm³/mol. The van der Waals surface area contributed by atoms with Gasteiger partial charge in [0.05, 0.1) is 0 Å². The molecule has 0 bridgehead atoms. The van der Waals surface area contributed by atoms with Crippen LogP contribution in [0.4, 0.5) is 0 Å². The van der Waals surface area contributed by atoms with Crippen LogP contribution in [0.2, 0.25) is 0 Å². The lowest BCUT2D eigenvalue weighted by Crippen LogP contribution is -2.05. The molecule has 0 saturated heterocycles. The number of hydrogen-bond donors (Lipinski definition) is 1. The summed E-state index contributed by atoms with van der Waals surface area (Å²) in [5, 5.41) is 20.6. The maximum Gasteiger partial charge on any atom is 0.183 e. The van der Waals surface area contributed by atoms with Crippen LogP contribution in [0.1, 0.15) is 37.4 Å². The van der Waals surface area contributed by atoms with Crippen molar-refractivity contribution in [3.63, 3.8) is 0 Å². The fraction of sp³-hybridized carbons (Fsp3) is 0.538. The number of aliphatic hydroxyl groups is 1. The third-order valence-corrected chi connectivity index (χ3v) is 3.07. The zero-order valence-electron chi connectivity index (χ0n) is 11.5. The molecule has 0 radical (unpaired) electrons. The smallest absolute Gasteiger partial charge is 0.183 e. The summed E-state index contributed by atoms with van der Waals surface area (Å²) in [5.74, 6) is 1.11. The Labute approximate surface area is 112 Å². The van der Waals surface area contributed by atoms with E-state index in [9.17, 15) is 0 Å². The Hall–Kier alpha value is -1.82. The zero-order chi connectivity index (χ0) is 13.8. The molecular formula is C13H19N5O. The van der Waals surface area contributed by atoms with E-state index in [4.69, 9.17) is 5.11 Å². The van der Waals surface area contributed by atoms with Crippen molar-refractivity contribution in [2.75, 3.05) is 6.61 Å². The van der Waals surface area contributed by atoms with Crippen LogP contribution in [0.15, 0.2) is 12.3 Å². The second-order valence-electron chi connectivity index (χ2n) is 4.86. The van der Waals surface area contributed by atoms with Crippen molar-refractivity contribution < 1.29 is 5.11 Å². The third kappa shape index (κ3) is 2.96. The van der Waals surface area contributed by atoms with E-state index >= 15 is 0 Å². The maximum atomic E-state index is 8.89. The molecule has 0 aliphatic rings. The van der Waals surface area contributed by atoms with E-state index in [0.717, 1.165) is 11.3 Å². The van der Waals surface area contributed by atoms with Gasteiger partial charge in [-0.1, -0.05) is 13.8 Å². The Kier molecular flexibility index (Phi) is 4.21. The third-order valence-electron chi connectivity index (χ3n) is 3.07. The number of pyridine rings is 1. The summed E-state index contributed by atoms with van der Waals surface area (Å²) in [4.78, 5) is 4.42. The summed E-state index contributed by atoms with van der Waals surface area (Å²) in [6.45, 7) is 7.02. The number of rotatable bonds is 5. The lowest BCUT2D eigenvalue weighted by atomic mass is 10.00. The van der Waals surface area contributed by atoms with Crippen LogP contribution >= 0.6 is 0 Å². The van der Waals surface area contributed by atoms with Gasteiger partial charge in [-0.15, -0.1) is 5.10 Å². The molecule has 102 valence electrons. The van der Waals surface area contributed by atoms with Crippen molar-refractivity contribution >= 4 is 0 Å². The molecule has 2 aromatic heterocycles. The predicted octanol–water partition coefficient (Wildman–Crippen LogP) is 1.55. The molecule has 19 heavy (non-hydrogen) atoms. The number of tetrazole rings is 1. The highest BCUT2D eigenvalue weighted by atomic mass is 16.3. The molecule has 0 aliphatic heterocycles. The topological polar surface area (TPSA) is 76.7 Å². The van der Waals surface area contributed by atoms with E-state index in [1.807, 2.05) is 6.92 Å². The van der Waals surface area contributed by atoms with Crippen LogP contribution in [0.25, 0.3) is 11.4 Å². The van der Waals surface area contributed by atoms with Crippen molar-refractivity contribution in [3.8, 4) is 11.4 Å². The van der Waals surface area contributed by atoms with Crippen LogP contribution < -0.4 is 0 Å². The first-order chi connectivity index (χ1) is 9.13. The first-order valence-corrected chi connectivity index (χ1v) is 6.47. The number of aliphatic hydroxyl groups excluding tert-OH is 1. The lowest BCUT2D eigenvalue weighted by Gasteiger charge is -2.11. The monoisotopic (exact) mass is 261 g/mol. The second kappa shape index (κ2) is 5.88. The van der Waals surface area contributed by atoms with Gasteiger partial charge in [0.25, 0.3) is 0 Å². The fourth-order valence-corrected chi connectivity index (χ4v) is 2.04. The Balaban J connectivity index is 2.36. The second-order valence-corrected chi connectivity index (χ2v) is 4.86. The molecule has 6 nitrogen and oxygen atoms in total. The Morgan fingerprint density at radius 2 is 2.16 bits per heavy atom. The van der Waals surface area contributed by atoms with Gasteiger partial charge in [-0.05, 0) is 41.3 Å². The zero-order valence-corrected chi connectivity index (χ0v) is 11.5. The molecule has 0 aromatic carbocycles.